The summed E-state index contributed by atoms with van der Waals surface area (Å²) < 4.78 is 5.80. The van der Waals surface area contributed by atoms with Gasteiger partial charge in [0.05, 0.1) is 6.10 Å². The van der Waals surface area contributed by atoms with Crippen LogP contribution >= 0.6 is 0 Å². The van der Waals surface area contributed by atoms with Crippen LogP contribution in [0.15, 0.2) is 24.3 Å². The highest BCUT2D eigenvalue weighted by Gasteiger charge is 2.23. The van der Waals surface area contributed by atoms with Crippen molar-refractivity contribution >= 4 is 0 Å². The molecule has 20 heavy (non-hydrogen) atoms. The molecule has 0 amide bonds. The third-order valence-electron chi connectivity index (χ3n) is 4.89. The van der Waals surface area contributed by atoms with Crippen molar-refractivity contribution in [1.29, 1.82) is 0 Å². The average molecular weight is 273 g/mol. The smallest absolute Gasteiger partial charge is 0.0594 e. The summed E-state index contributed by atoms with van der Waals surface area (Å²) in [5, 5.41) is 3.62. The zero-order valence-electron chi connectivity index (χ0n) is 12.6. The van der Waals surface area contributed by atoms with Crippen LogP contribution < -0.4 is 5.32 Å². The molecule has 0 bridgehead atoms. The summed E-state index contributed by atoms with van der Waals surface area (Å²) in [6, 6.07) is 9.79. The standard InChI is InChI=1S/C18H27NO/c1-2-19-18(13-17-7-4-12-20-17)16-10-8-15(9-11-16)14-5-3-6-14/h8-11,14,17-19H,2-7,12-13H2,1H3. The molecule has 0 spiro atoms. The SMILES string of the molecule is CCNC(CC1CCCO1)c1ccc(C2CCC2)cc1. The maximum Gasteiger partial charge on any atom is 0.0594 e. The molecule has 3 rings (SSSR count). The van der Waals surface area contributed by atoms with Crippen molar-refractivity contribution in [3.63, 3.8) is 0 Å². The highest BCUT2D eigenvalue weighted by molar-refractivity contribution is 5.28. The lowest BCUT2D eigenvalue weighted by molar-refractivity contribution is 0.0947. The molecule has 1 heterocycles. The molecular formula is C18H27NO. The molecule has 1 aliphatic carbocycles. The van der Waals surface area contributed by atoms with Crippen LogP contribution in [0.1, 0.15) is 68.5 Å². The molecule has 2 atom stereocenters. The fourth-order valence-corrected chi connectivity index (χ4v) is 3.42. The Morgan fingerprint density at radius 1 is 1.15 bits per heavy atom. The number of hydrogen-bond acceptors (Lipinski definition) is 2. The first-order chi connectivity index (χ1) is 9.86. The monoisotopic (exact) mass is 273 g/mol. The molecule has 1 saturated heterocycles. The zero-order chi connectivity index (χ0) is 13.8. The van der Waals surface area contributed by atoms with E-state index in [1.54, 1.807) is 0 Å². The van der Waals surface area contributed by atoms with E-state index in [-0.39, 0.29) is 0 Å². The van der Waals surface area contributed by atoms with Crippen LogP contribution in [-0.4, -0.2) is 19.3 Å². The molecule has 0 radical (unpaired) electrons. The van der Waals surface area contributed by atoms with Crippen LogP contribution in [0.25, 0.3) is 0 Å². The van der Waals surface area contributed by atoms with Gasteiger partial charge in [-0.1, -0.05) is 37.6 Å². The first-order valence-electron chi connectivity index (χ1n) is 8.31. The first kappa shape index (κ1) is 14.1. The summed E-state index contributed by atoms with van der Waals surface area (Å²) in [7, 11) is 0. The maximum atomic E-state index is 5.80. The van der Waals surface area contributed by atoms with Crippen molar-refractivity contribution in [1.82, 2.24) is 5.32 Å². The predicted molar refractivity (Wildman–Crippen MR) is 83.0 cm³/mol. The molecule has 2 nitrogen and oxygen atoms in total. The zero-order valence-corrected chi connectivity index (χ0v) is 12.6. The second-order valence-corrected chi connectivity index (χ2v) is 6.28. The highest BCUT2D eigenvalue weighted by Crippen LogP contribution is 2.36. The van der Waals surface area contributed by atoms with Crippen molar-refractivity contribution < 1.29 is 4.74 Å². The van der Waals surface area contributed by atoms with Crippen molar-refractivity contribution in [3.05, 3.63) is 35.4 Å². The van der Waals surface area contributed by atoms with E-state index in [0.717, 1.165) is 25.5 Å². The largest absolute Gasteiger partial charge is 0.378 e. The molecule has 2 heteroatoms. The number of nitrogens with one attached hydrogen (secondary N) is 1. The van der Waals surface area contributed by atoms with Crippen molar-refractivity contribution in [2.45, 2.75) is 63.5 Å². The first-order valence-corrected chi connectivity index (χ1v) is 8.31. The normalized spacial score (nSPS) is 24.6. The molecule has 2 unspecified atom stereocenters. The van der Waals surface area contributed by atoms with Crippen LogP contribution in [0.5, 0.6) is 0 Å². The van der Waals surface area contributed by atoms with Gasteiger partial charge in [-0.05, 0) is 55.7 Å². The predicted octanol–water partition coefficient (Wildman–Crippen LogP) is 4.17. The van der Waals surface area contributed by atoms with E-state index in [4.69, 9.17) is 4.74 Å². The Morgan fingerprint density at radius 3 is 2.50 bits per heavy atom. The summed E-state index contributed by atoms with van der Waals surface area (Å²) >= 11 is 0. The molecule has 1 aromatic carbocycles. The number of rotatable bonds is 6. The topological polar surface area (TPSA) is 21.3 Å². The van der Waals surface area contributed by atoms with Gasteiger partial charge in [-0.3, -0.25) is 0 Å². The quantitative estimate of drug-likeness (QED) is 0.839. The van der Waals surface area contributed by atoms with Crippen molar-refractivity contribution in [2.75, 3.05) is 13.2 Å². The average Bonchev–Trinajstić information content (AvgIpc) is 2.90. The molecule has 2 fully saturated rings. The third-order valence-corrected chi connectivity index (χ3v) is 4.89. The van der Waals surface area contributed by atoms with Gasteiger partial charge in [-0.25, -0.2) is 0 Å². The second kappa shape index (κ2) is 6.73. The number of benzene rings is 1. The summed E-state index contributed by atoms with van der Waals surface area (Å²) in [6.45, 7) is 4.15. The lowest BCUT2D eigenvalue weighted by Crippen LogP contribution is -2.25. The van der Waals surface area contributed by atoms with Gasteiger partial charge >= 0.3 is 0 Å². The van der Waals surface area contributed by atoms with Crippen LogP contribution in [0.2, 0.25) is 0 Å². The lowest BCUT2D eigenvalue weighted by Gasteiger charge is -2.27. The minimum atomic E-state index is 0.443. The van der Waals surface area contributed by atoms with E-state index >= 15 is 0 Å². The van der Waals surface area contributed by atoms with Gasteiger partial charge in [-0.15, -0.1) is 0 Å². The molecular weight excluding hydrogens is 246 g/mol. The van der Waals surface area contributed by atoms with Gasteiger partial charge in [0, 0.05) is 12.6 Å². The minimum Gasteiger partial charge on any atom is -0.378 e. The fraction of sp³-hybridized carbons (Fsp3) is 0.667. The molecule has 1 aromatic rings. The maximum absolute atomic E-state index is 5.80. The van der Waals surface area contributed by atoms with E-state index in [9.17, 15) is 0 Å². The van der Waals surface area contributed by atoms with E-state index < -0.39 is 0 Å². The molecule has 1 saturated carbocycles. The Kier molecular flexibility index (Phi) is 4.74. The third kappa shape index (κ3) is 3.24. The second-order valence-electron chi connectivity index (χ2n) is 6.28. The van der Waals surface area contributed by atoms with E-state index in [1.807, 2.05) is 0 Å². The minimum absolute atomic E-state index is 0.443. The Balaban J connectivity index is 1.65. The van der Waals surface area contributed by atoms with E-state index in [2.05, 4.69) is 36.5 Å². The van der Waals surface area contributed by atoms with Crippen LogP contribution in [-0.2, 0) is 4.74 Å². The lowest BCUT2D eigenvalue weighted by atomic mass is 9.79. The fourth-order valence-electron chi connectivity index (χ4n) is 3.42. The van der Waals surface area contributed by atoms with Gasteiger partial charge in [0.15, 0.2) is 0 Å². The van der Waals surface area contributed by atoms with Gasteiger partial charge < -0.3 is 10.1 Å². The number of ether oxygens (including phenoxy) is 1. The Morgan fingerprint density at radius 2 is 1.95 bits per heavy atom. The number of hydrogen-bond donors (Lipinski definition) is 1. The van der Waals surface area contributed by atoms with Gasteiger partial charge in [0.2, 0.25) is 0 Å². The summed E-state index contributed by atoms with van der Waals surface area (Å²) in [4.78, 5) is 0. The molecule has 1 N–H and O–H groups in total. The highest BCUT2D eigenvalue weighted by atomic mass is 16.5. The van der Waals surface area contributed by atoms with E-state index in [0.29, 0.717) is 12.1 Å². The molecule has 0 aromatic heterocycles. The van der Waals surface area contributed by atoms with Crippen LogP contribution in [0.3, 0.4) is 0 Å². The van der Waals surface area contributed by atoms with Gasteiger partial charge in [-0.2, -0.15) is 0 Å². The van der Waals surface area contributed by atoms with Gasteiger partial charge in [0.25, 0.3) is 0 Å². The Hall–Kier alpha value is -0.860. The van der Waals surface area contributed by atoms with E-state index in [1.165, 1.54) is 43.2 Å². The summed E-state index contributed by atoms with van der Waals surface area (Å²) in [6.07, 6.45) is 8.18. The summed E-state index contributed by atoms with van der Waals surface area (Å²) in [5.41, 5.74) is 2.96. The molecule has 1 aliphatic heterocycles. The Bertz CT molecular complexity index is 404. The summed E-state index contributed by atoms with van der Waals surface area (Å²) in [5.74, 6) is 0.833. The van der Waals surface area contributed by atoms with Gasteiger partial charge in [0.1, 0.15) is 0 Å². The van der Waals surface area contributed by atoms with Crippen molar-refractivity contribution in [2.24, 2.45) is 0 Å². The van der Waals surface area contributed by atoms with Crippen LogP contribution in [0, 0.1) is 0 Å². The van der Waals surface area contributed by atoms with Crippen molar-refractivity contribution in [3.8, 4) is 0 Å². The molecule has 110 valence electrons. The van der Waals surface area contributed by atoms with Crippen LogP contribution in [0.4, 0.5) is 0 Å². The molecule has 2 aliphatic rings. The Labute approximate surface area is 122 Å².